The Morgan fingerprint density at radius 2 is 1.59 bits per heavy atom. The molecule has 0 unspecified atom stereocenters. The maximum absolute atomic E-state index is 13.5. The molecule has 0 fully saturated rings. The largest absolute Gasteiger partial charge is 0.493 e. The Morgan fingerprint density at radius 3 is 2.19 bits per heavy atom. The molecular formula is C27H34N2O3. The van der Waals surface area contributed by atoms with Crippen LogP contribution in [0, 0.1) is 5.92 Å². The van der Waals surface area contributed by atoms with Crippen molar-refractivity contribution in [3.05, 3.63) is 65.9 Å². The minimum Gasteiger partial charge on any atom is -0.493 e. The van der Waals surface area contributed by atoms with Gasteiger partial charge in [0.25, 0.3) is 11.8 Å². The van der Waals surface area contributed by atoms with Crippen LogP contribution < -0.4 is 9.64 Å². The Labute approximate surface area is 191 Å². The maximum Gasteiger partial charge on any atom is 0.278 e. The van der Waals surface area contributed by atoms with Crippen LogP contribution in [-0.2, 0) is 9.59 Å². The van der Waals surface area contributed by atoms with Gasteiger partial charge in [-0.15, -0.1) is 0 Å². The van der Waals surface area contributed by atoms with Gasteiger partial charge in [0.1, 0.15) is 11.4 Å². The SMILES string of the molecule is CCCCCN1C(=O)C(c2ccc(OCC(C)C)cc2)=C(N(CC)c2ccccc2)C1=O. The lowest BCUT2D eigenvalue weighted by Crippen LogP contribution is -2.36. The normalized spacial score (nSPS) is 14.0. The molecule has 0 aliphatic carbocycles. The number of carbonyl (C=O) groups is 2. The highest BCUT2D eigenvalue weighted by atomic mass is 16.5. The van der Waals surface area contributed by atoms with Gasteiger partial charge in [-0.1, -0.05) is 63.9 Å². The van der Waals surface area contributed by atoms with Gasteiger partial charge < -0.3 is 9.64 Å². The van der Waals surface area contributed by atoms with E-state index in [4.69, 9.17) is 4.74 Å². The van der Waals surface area contributed by atoms with E-state index in [1.807, 2.05) is 66.4 Å². The van der Waals surface area contributed by atoms with E-state index >= 15 is 0 Å². The molecule has 1 aliphatic rings. The van der Waals surface area contributed by atoms with E-state index in [0.29, 0.717) is 36.9 Å². The average molecular weight is 435 g/mol. The van der Waals surface area contributed by atoms with Crippen LogP contribution in [-0.4, -0.2) is 36.4 Å². The molecular weight excluding hydrogens is 400 g/mol. The molecule has 0 atom stereocenters. The highest BCUT2D eigenvalue weighted by Gasteiger charge is 2.41. The monoisotopic (exact) mass is 434 g/mol. The fourth-order valence-corrected chi connectivity index (χ4v) is 3.86. The number of unbranched alkanes of at least 4 members (excludes halogenated alkanes) is 2. The van der Waals surface area contributed by atoms with E-state index in [1.54, 1.807) is 0 Å². The molecule has 1 heterocycles. The number of para-hydroxylation sites is 1. The summed E-state index contributed by atoms with van der Waals surface area (Å²) in [7, 11) is 0. The first-order chi connectivity index (χ1) is 15.5. The molecule has 1 aliphatic heterocycles. The summed E-state index contributed by atoms with van der Waals surface area (Å²) in [5.74, 6) is 0.758. The average Bonchev–Trinajstić information content (AvgIpc) is 3.04. The van der Waals surface area contributed by atoms with Gasteiger partial charge in [-0.3, -0.25) is 14.5 Å². The number of anilines is 1. The Balaban J connectivity index is 2.01. The molecule has 0 saturated carbocycles. The molecule has 2 aromatic rings. The van der Waals surface area contributed by atoms with Crippen molar-refractivity contribution in [3.63, 3.8) is 0 Å². The third kappa shape index (κ3) is 5.21. The first-order valence-corrected chi connectivity index (χ1v) is 11.6. The van der Waals surface area contributed by atoms with E-state index in [2.05, 4.69) is 20.8 Å². The van der Waals surface area contributed by atoms with Gasteiger partial charge in [-0.2, -0.15) is 0 Å². The van der Waals surface area contributed by atoms with Gasteiger partial charge in [0, 0.05) is 18.8 Å². The van der Waals surface area contributed by atoms with E-state index in [-0.39, 0.29) is 11.8 Å². The van der Waals surface area contributed by atoms with Gasteiger partial charge in [-0.05, 0) is 49.1 Å². The molecule has 32 heavy (non-hydrogen) atoms. The Kier molecular flexibility index (Phi) is 8.09. The van der Waals surface area contributed by atoms with E-state index in [9.17, 15) is 9.59 Å². The number of imide groups is 1. The van der Waals surface area contributed by atoms with Crippen LogP contribution in [0.5, 0.6) is 5.75 Å². The lowest BCUT2D eigenvalue weighted by Gasteiger charge is -2.25. The van der Waals surface area contributed by atoms with Crippen molar-refractivity contribution in [3.8, 4) is 5.75 Å². The number of benzene rings is 2. The lowest BCUT2D eigenvalue weighted by molar-refractivity contribution is -0.137. The van der Waals surface area contributed by atoms with Gasteiger partial charge in [-0.25, -0.2) is 0 Å². The molecule has 0 spiro atoms. The van der Waals surface area contributed by atoms with Crippen LogP contribution in [0.1, 0.15) is 52.5 Å². The second-order valence-electron chi connectivity index (χ2n) is 8.50. The van der Waals surface area contributed by atoms with Crippen molar-refractivity contribution in [1.29, 1.82) is 0 Å². The molecule has 0 radical (unpaired) electrons. The van der Waals surface area contributed by atoms with Crippen molar-refractivity contribution in [2.75, 3.05) is 24.6 Å². The van der Waals surface area contributed by atoms with Crippen molar-refractivity contribution in [1.82, 2.24) is 4.90 Å². The summed E-state index contributed by atoms with van der Waals surface area (Å²) in [6.07, 6.45) is 2.83. The zero-order valence-corrected chi connectivity index (χ0v) is 19.6. The molecule has 0 N–H and O–H groups in total. The van der Waals surface area contributed by atoms with Crippen LogP contribution in [0.15, 0.2) is 60.3 Å². The third-order valence-corrected chi connectivity index (χ3v) is 5.51. The Bertz CT molecular complexity index is 949. The standard InChI is InChI=1S/C27H34N2O3/c1-5-7-11-18-29-26(30)24(21-14-16-23(17-15-21)32-19-20(3)4)25(27(29)31)28(6-2)22-12-9-8-10-13-22/h8-10,12-17,20H,5-7,11,18-19H2,1-4H3. The summed E-state index contributed by atoms with van der Waals surface area (Å²) in [6.45, 7) is 9.97. The van der Waals surface area contributed by atoms with Crippen molar-refractivity contribution >= 4 is 23.1 Å². The van der Waals surface area contributed by atoms with Crippen LogP contribution >= 0.6 is 0 Å². The molecule has 5 nitrogen and oxygen atoms in total. The summed E-state index contributed by atoms with van der Waals surface area (Å²) in [4.78, 5) is 30.3. The highest BCUT2D eigenvalue weighted by Crippen LogP contribution is 2.35. The fraction of sp³-hybridized carbons (Fsp3) is 0.407. The fourth-order valence-electron chi connectivity index (χ4n) is 3.86. The number of hydrogen-bond donors (Lipinski definition) is 0. The van der Waals surface area contributed by atoms with Gasteiger partial charge >= 0.3 is 0 Å². The molecule has 170 valence electrons. The van der Waals surface area contributed by atoms with Crippen molar-refractivity contribution in [2.45, 2.75) is 47.0 Å². The quantitative estimate of drug-likeness (QED) is 0.345. The van der Waals surface area contributed by atoms with E-state index in [0.717, 1.165) is 36.3 Å². The molecule has 5 heteroatoms. The number of carbonyl (C=O) groups excluding carboxylic acids is 2. The Hall–Kier alpha value is -3.08. The topological polar surface area (TPSA) is 49.9 Å². The maximum atomic E-state index is 13.5. The van der Waals surface area contributed by atoms with E-state index in [1.165, 1.54) is 4.90 Å². The minimum atomic E-state index is -0.216. The summed E-state index contributed by atoms with van der Waals surface area (Å²) >= 11 is 0. The molecule has 0 saturated heterocycles. The number of rotatable bonds is 11. The zero-order chi connectivity index (χ0) is 23.1. The number of ether oxygens (including phenoxy) is 1. The van der Waals surface area contributed by atoms with Crippen LogP contribution in [0.3, 0.4) is 0 Å². The number of hydrogen-bond acceptors (Lipinski definition) is 4. The second kappa shape index (κ2) is 11.0. The highest BCUT2D eigenvalue weighted by molar-refractivity contribution is 6.36. The van der Waals surface area contributed by atoms with Crippen molar-refractivity contribution < 1.29 is 14.3 Å². The lowest BCUT2D eigenvalue weighted by atomic mass is 10.0. The van der Waals surface area contributed by atoms with Crippen LogP contribution in [0.2, 0.25) is 0 Å². The Morgan fingerprint density at radius 1 is 0.906 bits per heavy atom. The summed E-state index contributed by atoms with van der Waals surface area (Å²) in [5.41, 5.74) is 2.56. The van der Waals surface area contributed by atoms with Gasteiger partial charge in [0.15, 0.2) is 0 Å². The van der Waals surface area contributed by atoms with Crippen LogP contribution in [0.4, 0.5) is 5.69 Å². The predicted molar refractivity (Wildman–Crippen MR) is 129 cm³/mol. The molecule has 3 rings (SSSR count). The summed E-state index contributed by atoms with van der Waals surface area (Å²) < 4.78 is 5.80. The zero-order valence-electron chi connectivity index (χ0n) is 19.6. The smallest absolute Gasteiger partial charge is 0.278 e. The van der Waals surface area contributed by atoms with Crippen molar-refractivity contribution in [2.24, 2.45) is 5.92 Å². The van der Waals surface area contributed by atoms with E-state index < -0.39 is 0 Å². The number of nitrogens with zero attached hydrogens (tertiary/aromatic N) is 2. The van der Waals surface area contributed by atoms with Gasteiger partial charge in [0.05, 0.1) is 12.2 Å². The second-order valence-corrected chi connectivity index (χ2v) is 8.50. The van der Waals surface area contributed by atoms with Gasteiger partial charge in [0.2, 0.25) is 0 Å². The minimum absolute atomic E-state index is 0.216. The molecule has 0 aromatic heterocycles. The van der Waals surface area contributed by atoms with Crippen LogP contribution in [0.25, 0.3) is 5.57 Å². The summed E-state index contributed by atoms with van der Waals surface area (Å²) in [5, 5.41) is 0. The number of likely N-dealkylation sites (N-methyl/N-ethyl adjacent to an activating group) is 1. The number of amides is 2. The predicted octanol–water partition coefficient (Wildman–Crippen LogP) is 5.52. The third-order valence-electron chi connectivity index (χ3n) is 5.51. The molecule has 0 bridgehead atoms. The molecule has 2 aromatic carbocycles. The summed E-state index contributed by atoms with van der Waals surface area (Å²) in [6, 6.07) is 17.3. The molecule has 2 amide bonds. The first kappa shape index (κ1) is 23.6. The first-order valence-electron chi connectivity index (χ1n) is 11.6.